The molecule has 2 aromatic carbocycles. The lowest BCUT2D eigenvalue weighted by Gasteiger charge is -2.35. The Hall–Kier alpha value is -3.23. The van der Waals surface area contributed by atoms with Gasteiger partial charge in [0.05, 0.1) is 10.6 Å². The summed E-state index contributed by atoms with van der Waals surface area (Å²) in [6, 6.07) is 15.8. The molecule has 0 unspecified atom stereocenters. The second-order valence-corrected chi connectivity index (χ2v) is 9.79. The Kier molecular flexibility index (Phi) is 8.15. The first kappa shape index (κ1) is 24.9. The van der Waals surface area contributed by atoms with Gasteiger partial charge < -0.3 is 10.2 Å². The number of thioether (sulfide) groups is 1. The van der Waals surface area contributed by atoms with Crippen LogP contribution >= 0.6 is 11.8 Å². The molecule has 0 spiro atoms. The molecular weight excluding hydrogens is 458 g/mol. The van der Waals surface area contributed by atoms with Gasteiger partial charge in [0.2, 0.25) is 5.96 Å². The summed E-state index contributed by atoms with van der Waals surface area (Å²) in [4.78, 5) is 34.5. The number of guanidine groups is 1. The van der Waals surface area contributed by atoms with Crippen molar-refractivity contribution in [2.75, 3.05) is 7.05 Å². The summed E-state index contributed by atoms with van der Waals surface area (Å²) in [5, 5.41) is 8.22. The highest BCUT2D eigenvalue weighted by molar-refractivity contribution is 8.18. The molecule has 1 saturated heterocycles. The predicted molar refractivity (Wildman–Crippen MR) is 145 cm³/mol. The largest absolute Gasteiger partial charge is 0.341 e. The van der Waals surface area contributed by atoms with E-state index in [1.165, 1.54) is 16.3 Å². The van der Waals surface area contributed by atoms with E-state index in [2.05, 4.69) is 74.7 Å². The number of fused-ring (bicyclic) bond motifs is 1. The molecule has 7 nitrogen and oxygen atoms in total. The van der Waals surface area contributed by atoms with Crippen LogP contribution in [-0.2, 0) is 11.3 Å². The monoisotopic (exact) mass is 489 g/mol. The fourth-order valence-electron chi connectivity index (χ4n) is 4.61. The predicted octanol–water partition coefficient (Wildman–Crippen LogP) is 5.00. The van der Waals surface area contributed by atoms with E-state index in [0.29, 0.717) is 28.6 Å². The van der Waals surface area contributed by atoms with Crippen LogP contribution in [0.25, 0.3) is 10.8 Å². The Balaban J connectivity index is 1.34. The van der Waals surface area contributed by atoms with Crippen LogP contribution in [0.4, 0.5) is 4.79 Å². The highest BCUT2D eigenvalue weighted by Crippen LogP contribution is 2.27. The first-order valence-electron chi connectivity index (χ1n) is 11.9. The third kappa shape index (κ3) is 6.07. The Morgan fingerprint density at radius 1 is 1.17 bits per heavy atom. The Labute approximate surface area is 210 Å². The molecule has 1 saturated carbocycles. The minimum Gasteiger partial charge on any atom is -0.341 e. The van der Waals surface area contributed by atoms with Gasteiger partial charge in [-0.3, -0.25) is 14.9 Å². The fraction of sp³-hybridized carbons (Fsp3) is 0.333. The molecule has 35 heavy (non-hydrogen) atoms. The number of carbonyl (C=O) groups is 2. The maximum absolute atomic E-state index is 11.9. The summed E-state index contributed by atoms with van der Waals surface area (Å²) >= 11 is 0.877. The number of allylic oxidation sites excluding steroid dienone is 2. The lowest BCUT2D eigenvalue weighted by molar-refractivity contribution is -0.115. The van der Waals surface area contributed by atoms with Crippen LogP contribution in [0.5, 0.6) is 0 Å². The molecule has 1 aliphatic heterocycles. The first-order valence-corrected chi connectivity index (χ1v) is 12.7. The number of hydrogen-bond acceptors (Lipinski definition) is 5. The molecule has 2 amide bonds. The zero-order chi connectivity index (χ0) is 24.8. The molecule has 0 bridgehead atoms. The number of carbonyl (C=O) groups excluding carboxylic acids is 2. The second-order valence-electron chi connectivity index (χ2n) is 8.77. The van der Waals surface area contributed by atoms with Gasteiger partial charge in [-0.1, -0.05) is 48.5 Å². The quantitative estimate of drug-likeness (QED) is 0.339. The van der Waals surface area contributed by atoms with E-state index in [9.17, 15) is 9.59 Å². The molecule has 8 heteroatoms. The van der Waals surface area contributed by atoms with Crippen LogP contribution in [0, 0.1) is 0 Å². The Morgan fingerprint density at radius 3 is 2.60 bits per heavy atom. The number of benzene rings is 2. The third-order valence-electron chi connectivity index (χ3n) is 6.61. The fourth-order valence-corrected chi connectivity index (χ4v) is 5.28. The van der Waals surface area contributed by atoms with Crippen LogP contribution in [0.1, 0.15) is 38.2 Å². The highest BCUT2D eigenvalue weighted by atomic mass is 32.2. The summed E-state index contributed by atoms with van der Waals surface area (Å²) in [7, 11) is 1.99. The van der Waals surface area contributed by atoms with E-state index in [1.54, 1.807) is 12.2 Å². The topological polar surface area (TPSA) is 86.2 Å². The van der Waals surface area contributed by atoms with E-state index in [4.69, 9.17) is 0 Å². The third-order valence-corrected chi connectivity index (χ3v) is 7.42. The van der Waals surface area contributed by atoms with Crippen molar-refractivity contribution >= 4 is 46.4 Å². The molecule has 4 rings (SSSR count). The molecule has 0 aromatic heterocycles. The molecule has 2 N–H and O–H groups in total. The zero-order valence-electron chi connectivity index (χ0n) is 20.2. The molecule has 0 radical (unpaired) electrons. The number of hydrogen-bond donors (Lipinski definition) is 2. The molecule has 1 aliphatic carbocycles. The maximum Gasteiger partial charge on any atom is 0.290 e. The highest BCUT2D eigenvalue weighted by Gasteiger charge is 2.27. The van der Waals surface area contributed by atoms with Crippen LogP contribution in [0.3, 0.4) is 0 Å². The average molecular weight is 490 g/mol. The van der Waals surface area contributed by atoms with Gasteiger partial charge in [-0.15, -0.1) is 0 Å². The van der Waals surface area contributed by atoms with Crippen molar-refractivity contribution in [1.29, 1.82) is 0 Å². The van der Waals surface area contributed by atoms with Crippen LogP contribution in [-0.4, -0.2) is 47.9 Å². The van der Waals surface area contributed by atoms with Gasteiger partial charge in [-0.2, -0.15) is 0 Å². The van der Waals surface area contributed by atoms with Gasteiger partial charge in [0.15, 0.2) is 0 Å². The van der Waals surface area contributed by atoms with Crippen LogP contribution < -0.4 is 10.6 Å². The van der Waals surface area contributed by atoms with Crippen molar-refractivity contribution in [2.45, 2.75) is 51.2 Å². The summed E-state index contributed by atoms with van der Waals surface area (Å²) in [5.74, 6) is 0.113. The number of nitrogens with zero attached hydrogens (tertiary/aromatic N) is 3. The molecular formula is C27H31N5O2S. The lowest BCUT2D eigenvalue weighted by Crippen LogP contribution is -2.42. The summed E-state index contributed by atoms with van der Waals surface area (Å²) in [6.45, 7) is 6.40. The average Bonchev–Trinajstić information content (AvgIpc) is 3.21. The molecule has 2 fully saturated rings. The molecule has 2 aliphatic rings. The molecule has 2 aromatic rings. The van der Waals surface area contributed by atoms with Gasteiger partial charge in [0.1, 0.15) is 0 Å². The Bertz CT molecular complexity index is 1210. The van der Waals surface area contributed by atoms with Crippen molar-refractivity contribution < 1.29 is 9.59 Å². The minimum absolute atomic E-state index is 0.311. The van der Waals surface area contributed by atoms with E-state index >= 15 is 0 Å². The number of rotatable bonds is 6. The number of imide groups is 1. The molecule has 1 heterocycles. The summed E-state index contributed by atoms with van der Waals surface area (Å²) in [6.07, 6.45) is 7.59. The Morgan fingerprint density at radius 2 is 1.91 bits per heavy atom. The van der Waals surface area contributed by atoms with Gasteiger partial charge in [0.25, 0.3) is 11.1 Å². The SMILES string of the molecule is C=NC(=NC(=C\C)/C=C1\SC(=O)NC1=O)N(C)C1CCC(NCc2cccc3ccccc23)CC1. The number of nitrogens with one attached hydrogen (secondary N) is 2. The standard InChI is InChI=1S/C27H31N5O2S/c1-4-20(16-24-25(33)31-27(34)35-24)30-26(28-2)32(3)22-14-12-21(13-15-22)29-17-19-10-7-9-18-8-5-6-11-23(18)19/h4-11,16,21-22,29H,2,12-15,17H2,1,3H3,(H,31,33,34)/b20-4-,24-16-,30-26?. The van der Waals surface area contributed by atoms with Gasteiger partial charge >= 0.3 is 0 Å². The second kappa shape index (κ2) is 11.5. The first-order chi connectivity index (χ1) is 17.0. The van der Waals surface area contributed by atoms with Gasteiger partial charge in [-0.25, -0.2) is 9.98 Å². The van der Waals surface area contributed by atoms with Crippen molar-refractivity contribution in [2.24, 2.45) is 9.98 Å². The van der Waals surface area contributed by atoms with Crippen LogP contribution in [0.15, 0.2) is 75.2 Å². The summed E-state index contributed by atoms with van der Waals surface area (Å²) < 4.78 is 0. The smallest absolute Gasteiger partial charge is 0.290 e. The van der Waals surface area contributed by atoms with Crippen LogP contribution in [0.2, 0.25) is 0 Å². The van der Waals surface area contributed by atoms with Crippen molar-refractivity contribution in [3.8, 4) is 0 Å². The zero-order valence-corrected chi connectivity index (χ0v) is 21.0. The normalized spacial score (nSPS) is 22.5. The van der Waals surface area contributed by atoms with Gasteiger partial charge in [0, 0.05) is 25.7 Å². The van der Waals surface area contributed by atoms with Crippen molar-refractivity contribution in [3.05, 3.63) is 70.8 Å². The van der Waals surface area contributed by atoms with E-state index in [1.807, 2.05) is 14.0 Å². The van der Waals surface area contributed by atoms with E-state index < -0.39 is 5.91 Å². The molecule has 182 valence electrons. The number of aliphatic imine (C=N–C) groups is 2. The molecule has 0 atom stereocenters. The van der Waals surface area contributed by atoms with E-state index in [0.717, 1.165) is 44.0 Å². The van der Waals surface area contributed by atoms with E-state index in [-0.39, 0.29) is 5.24 Å². The van der Waals surface area contributed by atoms with Gasteiger partial charge in [-0.05, 0) is 73.5 Å². The lowest BCUT2D eigenvalue weighted by atomic mass is 9.90. The number of amides is 2. The van der Waals surface area contributed by atoms with Crippen molar-refractivity contribution in [3.63, 3.8) is 0 Å². The summed E-state index contributed by atoms with van der Waals surface area (Å²) in [5.41, 5.74) is 1.90. The minimum atomic E-state index is -0.398. The maximum atomic E-state index is 11.9. The van der Waals surface area contributed by atoms with Crippen molar-refractivity contribution in [1.82, 2.24) is 15.5 Å².